The van der Waals surface area contributed by atoms with Gasteiger partial charge in [0.2, 0.25) is 0 Å². The Morgan fingerprint density at radius 2 is 2.16 bits per heavy atom. The largest absolute Gasteiger partial charge is 0.294 e. The van der Waals surface area contributed by atoms with Crippen LogP contribution in [-0.4, -0.2) is 32.6 Å². The predicted molar refractivity (Wildman–Crippen MR) is 84.1 cm³/mol. The van der Waals surface area contributed by atoms with Gasteiger partial charge in [0.1, 0.15) is 0 Å². The fourth-order valence-corrected chi connectivity index (χ4v) is 3.40. The van der Waals surface area contributed by atoms with E-state index >= 15 is 0 Å². The summed E-state index contributed by atoms with van der Waals surface area (Å²) in [6.45, 7) is 7.14. The van der Waals surface area contributed by atoms with Gasteiger partial charge in [0.05, 0.1) is 16.4 Å². The molecule has 0 spiro atoms. The summed E-state index contributed by atoms with van der Waals surface area (Å²) in [6.07, 6.45) is 4.92. The molecule has 2 rings (SSSR count). The molecule has 1 fully saturated rings. The minimum absolute atomic E-state index is 0.735. The maximum atomic E-state index is 6.50. The molecule has 0 amide bonds. The summed E-state index contributed by atoms with van der Waals surface area (Å²) in [5.74, 6) is 0. The van der Waals surface area contributed by atoms with Crippen molar-refractivity contribution >= 4 is 27.5 Å². The van der Waals surface area contributed by atoms with E-state index in [9.17, 15) is 0 Å². The van der Waals surface area contributed by atoms with Gasteiger partial charge in [0.25, 0.3) is 0 Å². The molecule has 0 bridgehead atoms. The zero-order valence-corrected chi connectivity index (χ0v) is 14.2. The third-order valence-corrected chi connectivity index (χ3v) is 4.80. The van der Waals surface area contributed by atoms with Crippen LogP contribution in [0.15, 0.2) is 0 Å². The highest BCUT2D eigenvalue weighted by Crippen LogP contribution is 2.29. The first-order valence-electron chi connectivity index (χ1n) is 7.25. The van der Waals surface area contributed by atoms with E-state index in [-0.39, 0.29) is 0 Å². The lowest BCUT2D eigenvalue weighted by molar-refractivity contribution is 0.125. The number of hydrogen-bond donors (Lipinski definition) is 0. The SMILES string of the molecule is CCc1nn(CC)c(CN(CCBr)C2CCC2)c1Cl. The summed E-state index contributed by atoms with van der Waals surface area (Å²) in [5.41, 5.74) is 2.22. The van der Waals surface area contributed by atoms with Gasteiger partial charge in [-0.05, 0) is 26.2 Å². The topological polar surface area (TPSA) is 21.1 Å². The Bertz CT molecular complexity index is 415. The van der Waals surface area contributed by atoms with Gasteiger partial charge in [-0.3, -0.25) is 9.58 Å². The number of rotatable bonds is 7. The summed E-state index contributed by atoms with van der Waals surface area (Å²) in [6, 6.07) is 0.735. The van der Waals surface area contributed by atoms with Crippen LogP contribution in [0.25, 0.3) is 0 Å². The number of alkyl halides is 1. The molecule has 1 aliphatic rings. The van der Waals surface area contributed by atoms with Crippen LogP contribution in [0.3, 0.4) is 0 Å². The van der Waals surface area contributed by atoms with Gasteiger partial charge in [0.15, 0.2) is 0 Å². The molecule has 0 unspecified atom stereocenters. The highest BCUT2D eigenvalue weighted by Gasteiger charge is 2.26. The molecule has 0 aromatic carbocycles. The maximum absolute atomic E-state index is 6.50. The Morgan fingerprint density at radius 3 is 2.63 bits per heavy atom. The first kappa shape index (κ1) is 15.3. The molecule has 0 saturated heterocycles. The van der Waals surface area contributed by atoms with Crippen molar-refractivity contribution in [3.63, 3.8) is 0 Å². The fourth-order valence-electron chi connectivity index (χ4n) is 2.61. The first-order valence-corrected chi connectivity index (χ1v) is 8.75. The molecule has 3 nitrogen and oxygen atoms in total. The Morgan fingerprint density at radius 1 is 1.42 bits per heavy atom. The second kappa shape index (κ2) is 7.09. The lowest BCUT2D eigenvalue weighted by atomic mass is 9.91. The summed E-state index contributed by atoms with van der Waals surface area (Å²) in [7, 11) is 0. The summed E-state index contributed by atoms with van der Waals surface area (Å²) in [5, 5.41) is 6.50. The monoisotopic (exact) mass is 347 g/mol. The van der Waals surface area contributed by atoms with Crippen LogP contribution in [0.2, 0.25) is 5.02 Å². The van der Waals surface area contributed by atoms with Crippen molar-refractivity contribution in [1.82, 2.24) is 14.7 Å². The van der Waals surface area contributed by atoms with Crippen molar-refractivity contribution in [3.05, 3.63) is 16.4 Å². The minimum atomic E-state index is 0.735. The van der Waals surface area contributed by atoms with Gasteiger partial charge in [-0.25, -0.2) is 0 Å². The zero-order valence-electron chi connectivity index (χ0n) is 11.8. The van der Waals surface area contributed by atoms with E-state index in [4.69, 9.17) is 11.6 Å². The average Bonchev–Trinajstić information content (AvgIpc) is 2.64. The molecule has 1 aromatic heterocycles. The quantitative estimate of drug-likeness (QED) is 0.698. The van der Waals surface area contributed by atoms with Crippen LogP contribution in [0.1, 0.15) is 44.5 Å². The zero-order chi connectivity index (χ0) is 13.8. The number of aromatic nitrogens is 2. The lowest BCUT2D eigenvalue weighted by Gasteiger charge is -2.37. The van der Waals surface area contributed by atoms with E-state index < -0.39 is 0 Å². The third kappa shape index (κ3) is 3.34. The molecule has 0 N–H and O–H groups in total. The van der Waals surface area contributed by atoms with Crippen LogP contribution >= 0.6 is 27.5 Å². The molecular weight excluding hydrogens is 326 g/mol. The Kier molecular flexibility index (Phi) is 5.72. The van der Waals surface area contributed by atoms with Gasteiger partial charge >= 0.3 is 0 Å². The van der Waals surface area contributed by atoms with Gasteiger partial charge in [-0.15, -0.1) is 0 Å². The minimum Gasteiger partial charge on any atom is -0.294 e. The molecule has 5 heteroatoms. The van der Waals surface area contributed by atoms with Crippen LogP contribution < -0.4 is 0 Å². The molecule has 19 heavy (non-hydrogen) atoms. The van der Waals surface area contributed by atoms with Crippen molar-refractivity contribution in [2.24, 2.45) is 0 Å². The smallest absolute Gasteiger partial charge is 0.0863 e. The molecule has 1 saturated carbocycles. The van der Waals surface area contributed by atoms with E-state index in [0.29, 0.717) is 0 Å². The highest BCUT2D eigenvalue weighted by molar-refractivity contribution is 9.09. The van der Waals surface area contributed by atoms with E-state index in [1.54, 1.807) is 0 Å². The lowest BCUT2D eigenvalue weighted by Crippen LogP contribution is -2.41. The predicted octanol–water partition coefficient (Wildman–Crippen LogP) is 3.87. The van der Waals surface area contributed by atoms with Crippen LogP contribution in [0.4, 0.5) is 0 Å². The molecule has 0 aliphatic heterocycles. The molecule has 0 radical (unpaired) electrons. The standard InChI is InChI=1S/C14H23BrClN3/c1-3-12-14(16)13(19(4-2)17-12)10-18(9-8-15)11-6-5-7-11/h11H,3-10H2,1-2H3. The van der Waals surface area contributed by atoms with Crippen LogP contribution in [-0.2, 0) is 19.5 Å². The summed E-state index contributed by atoms with van der Waals surface area (Å²) in [4.78, 5) is 2.55. The van der Waals surface area contributed by atoms with Crippen LogP contribution in [0.5, 0.6) is 0 Å². The normalized spacial score (nSPS) is 16.1. The maximum Gasteiger partial charge on any atom is 0.0863 e. The Labute approximate surface area is 129 Å². The fraction of sp³-hybridized carbons (Fsp3) is 0.786. The second-order valence-electron chi connectivity index (χ2n) is 5.12. The van der Waals surface area contributed by atoms with Gasteiger partial charge in [-0.1, -0.05) is 40.9 Å². The number of nitrogens with zero attached hydrogens (tertiary/aromatic N) is 3. The van der Waals surface area contributed by atoms with E-state index in [0.717, 1.165) is 48.1 Å². The number of hydrogen-bond acceptors (Lipinski definition) is 2. The molecule has 1 heterocycles. The van der Waals surface area contributed by atoms with Gasteiger partial charge in [-0.2, -0.15) is 5.10 Å². The third-order valence-electron chi connectivity index (χ3n) is 4.01. The van der Waals surface area contributed by atoms with E-state index in [1.807, 2.05) is 0 Å². The summed E-state index contributed by atoms with van der Waals surface area (Å²) < 4.78 is 2.07. The van der Waals surface area contributed by atoms with Crippen molar-refractivity contribution in [2.45, 2.75) is 58.7 Å². The first-order chi connectivity index (χ1) is 9.21. The molecule has 1 aromatic rings. The highest BCUT2D eigenvalue weighted by atomic mass is 79.9. The van der Waals surface area contributed by atoms with E-state index in [1.165, 1.54) is 25.0 Å². The van der Waals surface area contributed by atoms with Crippen molar-refractivity contribution < 1.29 is 0 Å². The Balaban J connectivity index is 2.17. The van der Waals surface area contributed by atoms with Gasteiger partial charge in [0, 0.05) is 31.0 Å². The van der Waals surface area contributed by atoms with Gasteiger partial charge < -0.3 is 0 Å². The van der Waals surface area contributed by atoms with Crippen molar-refractivity contribution in [2.75, 3.05) is 11.9 Å². The average molecular weight is 349 g/mol. The van der Waals surface area contributed by atoms with E-state index in [2.05, 4.69) is 44.5 Å². The molecular formula is C14H23BrClN3. The summed E-state index contributed by atoms with van der Waals surface area (Å²) >= 11 is 10.1. The van der Waals surface area contributed by atoms with Crippen molar-refractivity contribution in [3.8, 4) is 0 Å². The van der Waals surface area contributed by atoms with Crippen molar-refractivity contribution in [1.29, 1.82) is 0 Å². The molecule has 1 aliphatic carbocycles. The molecule has 108 valence electrons. The number of halogens is 2. The number of aryl methyl sites for hydroxylation is 2. The second-order valence-corrected chi connectivity index (χ2v) is 6.29. The molecule has 0 atom stereocenters. The Hall–Kier alpha value is -0.0600. The van der Waals surface area contributed by atoms with Crippen LogP contribution in [0, 0.1) is 0 Å².